The number of unbranched alkanes of at least 4 members (excludes halogenated alkanes) is 15. The van der Waals surface area contributed by atoms with Gasteiger partial charge in [-0.3, -0.25) is 4.79 Å². The zero-order valence-electron chi connectivity index (χ0n) is 24.8. The second-order valence-electron chi connectivity index (χ2n) is 11.3. The lowest BCUT2D eigenvalue weighted by Crippen LogP contribution is -2.54. The molecule has 1 fully saturated rings. The molecule has 0 bridgehead atoms. The van der Waals surface area contributed by atoms with Gasteiger partial charge < -0.3 is 20.2 Å². The fourth-order valence-electron chi connectivity index (χ4n) is 5.58. The average Bonchev–Trinajstić information content (AvgIpc) is 2.90. The van der Waals surface area contributed by atoms with Gasteiger partial charge in [-0.15, -0.1) is 12.4 Å². The number of rotatable bonds is 20. The van der Waals surface area contributed by atoms with Gasteiger partial charge in [-0.2, -0.15) is 0 Å². The van der Waals surface area contributed by atoms with Crippen LogP contribution in [0.15, 0.2) is 24.3 Å². The van der Waals surface area contributed by atoms with Crippen molar-refractivity contribution >= 4 is 24.4 Å². The van der Waals surface area contributed by atoms with Crippen LogP contribution in [0.2, 0.25) is 0 Å². The van der Waals surface area contributed by atoms with E-state index in [0.29, 0.717) is 31.6 Å². The molecule has 6 nitrogen and oxygen atoms in total. The van der Waals surface area contributed by atoms with Crippen LogP contribution in [-0.2, 0) is 6.42 Å². The third-order valence-corrected chi connectivity index (χ3v) is 7.96. The van der Waals surface area contributed by atoms with E-state index in [1.54, 1.807) is 0 Å². The second-order valence-corrected chi connectivity index (χ2v) is 11.3. The first kappa shape index (κ1) is 35.2. The fourth-order valence-corrected chi connectivity index (χ4v) is 5.58. The van der Waals surface area contributed by atoms with E-state index in [4.69, 9.17) is 0 Å². The minimum absolute atomic E-state index is 0. The second kappa shape index (κ2) is 22.0. The van der Waals surface area contributed by atoms with Gasteiger partial charge in [-0.05, 0) is 31.5 Å². The van der Waals surface area contributed by atoms with E-state index in [2.05, 4.69) is 17.1 Å². The Hall–Kier alpha value is -1.79. The molecule has 1 heterocycles. The first-order chi connectivity index (χ1) is 18.5. The quantitative estimate of drug-likeness (QED) is 0.157. The van der Waals surface area contributed by atoms with Crippen molar-refractivity contribution in [3.05, 3.63) is 35.4 Å². The zero-order valence-corrected chi connectivity index (χ0v) is 25.6. The number of halogens is 1. The summed E-state index contributed by atoms with van der Waals surface area (Å²) in [5, 5.41) is 12.7. The molecule has 0 saturated carbocycles. The summed E-state index contributed by atoms with van der Waals surface area (Å²) in [5.41, 5.74) is 1.59. The minimum Gasteiger partial charge on any atom is -0.465 e. The first-order valence-corrected chi connectivity index (χ1v) is 15.6. The Morgan fingerprint density at radius 3 is 1.87 bits per heavy atom. The molecule has 2 amide bonds. The van der Waals surface area contributed by atoms with Crippen molar-refractivity contribution in [1.82, 2.24) is 15.1 Å². The monoisotopic (exact) mass is 565 g/mol. The van der Waals surface area contributed by atoms with Crippen molar-refractivity contribution < 1.29 is 14.7 Å². The largest absolute Gasteiger partial charge is 0.465 e. The molecular formula is C32H56ClN3O3. The van der Waals surface area contributed by atoms with Crippen LogP contribution < -0.4 is 5.32 Å². The molecule has 39 heavy (non-hydrogen) atoms. The van der Waals surface area contributed by atoms with Crippen LogP contribution in [0, 0.1) is 0 Å². The summed E-state index contributed by atoms with van der Waals surface area (Å²) in [6, 6.07) is 7.49. The summed E-state index contributed by atoms with van der Waals surface area (Å²) in [6.45, 7) is 4.90. The maximum atomic E-state index is 12.9. The van der Waals surface area contributed by atoms with Crippen LogP contribution in [0.25, 0.3) is 0 Å². The van der Waals surface area contributed by atoms with Gasteiger partial charge in [0.25, 0.3) is 5.91 Å². The lowest BCUT2D eigenvalue weighted by atomic mass is 9.97. The molecule has 1 saturated heterocycles. The molecule has 1 aromatic rings. The Balaban J connectivity index is 0.00000760. The molecule has 0 radical (unpaired) electrons. The van der Waals surface area contributed by atoms with Gasteiger partial charge >= 0.3 is 6.09 Å². The summed E-state index contributed by atoms with van der Waals surface area (Å²) in [5.74, 6) is -0.0485. The number of carboxylic acid groups (broad SMARTS) is 1. The van der Waals surface area contributed by atoms with Gasteiger partial charge in [0.2, 0.25) is 0 Å². The highest BCUT2D eigenvalue weighted by Gasteiger charge is 2.29. The Morgan fingerprint density at radius 1 is 0.821 bits per heavy atom. The number of hydrogen-bond donors (Lipinski definition) is 2. The van der Waals surface area contributed by atoms with Crippen molar-refractivity contribution in [2.75, 3.05) is 33.2 Å². The van der Waals surface area contributed by atoms with Crippen molar-refractivity contribution in [3.63, 3.8) is 0 Å². The third-order valence-electron chi connectivity index (χ3n) is 7.96. The normalized spacial score (nSPS) is 15.6. The lowest BCUT2D eigenvalue weighted by molar-refractivity contribution is 0.0776. The van der Waals surface area contributed by atoms with Gasteiger partial charge in [0, 0.05) is 31.7 Å². The van der Waals surface area contributed by atoms with Gasteiger partial charge in [-0.1, -0.05) is 121 Å². The van der Waals surface area contributed by atoms with Crippen LogP contribution in [0.5, 0.6) is 0 Å². The number of piperazine rings is 1. The number of benzene rings is 1. The molecule has 0 spiro atoms. The van der Waals surface area contributed by atoms with Gasteiger partial charge in [0.15, 0.2) is 0 Å². The summed E-state index contributed by atoms with van der Waals surface area (Å²) < 4.78 is 0. The molecule has 224 valence electrons. The van der Waals surface area contributed by atoms with E-state index < -0.39 is 6.09 Å². The molecule has 2 rings (SSSR count). The Kier molecular flexibility index (Phi) is 19.8. The maximum Gasteiger partial charge on any atom is 0.407 e. The Bertz CT molecular complexity index is 792. The molecule has 7 heteroatoms. The fraction of sp³-hybridized carbons (Fsp3) is 0.750. The van der Waals surface area contributed by atoms with Crippen LogP contribution in [0.3, 0.4) is 0 Å². The van der Waals surface area contributed by atoms with Crippen molar-refractivity contribution in [2.24, 2.45) is 0 Å². The van der Waals surface area contributed by atoms with E-state index >= 15 is 0 Å². The van der Waals surface area contributed by atoms with Crippen LogP contribution in [0.1, 0.15) is 126 Å². The zero-order chi connectivity index (χ0) is 27.4. The summed E-state index contributed by atoms with van der Waals surface area (Å²) >= 11 is 0. The number of amides is 2. The highest BCUT2D eigenvalue weighted by Crippen LogP contribution is 2.18. The van der Waals surface area contributed by atoms with Crippen LogP contribution >= 0.6 is 12.4 Å². The predicted octanol–water partition coefficient (Wildman–Crippen LogP) is 7.94. The summed E-state index contributed by atoms with van der Waals surface area (Å²) in [6.07, 6.45) is 21.1. The number of carbonyl (C=O) groups excluding carboxylic acids is 1. The van der Waals surface area contributed by atoms with Crippen molar-refractivity contribution in [3.8, 4) is 0 Å². The molecule has 1 aliphatic rings. The standard InChI is InChI=1S/C32H55N3O3.ClH/c1-3-4-5-6-7-8-9-10-11-12-13-14-15-16-17-20-23-33-31(36)30-22-19-18-21-28(30)26-29-27-34(2)24-25-35(29)32(37)38;/h18-19,21-22,29H,3-17,20,23-27H2,1-2H3,(H,33,36)(H,37,38);1H. The SMILES string of the molecule is CCCCCCCCCCCCCCCCCCNC(=O)c1ccccc1CC1CN(C)CCN1C(=O)O.Cl. The maximum absolute atomic E-state index is 12.9. The van der Waals surface area contributed by atoms with Gasteiger partial charge in [0.05, 0.1) is 6.04 Å². The smallest absolute Gasteiger partial charge is 0.407 e. The van der Waals surface area contributed by atoms with E-state index in [1.807, 2.05) is 31.3 Å². The van der Waals surface area contributed by atoms with E-state index in [9.17, 15) is 14.7 Å². The van der Waals surface area contributed by atoms with Crippen molar-refractivity contribution in [1.29, 1.82) is 0 Å². The topological polar surface area (TPSA) is 72.9 Å². The predicted molar refractivity (Wildman–Crippen MR) is 165 cm³/mol. The van der Waals surface area contributed by atoms with E-state index in [0.717, 1.165) is 24.9 Å². The van der Waals surface area contributed by atoms with Crippen LogP contribution in [-0.4, -0.2) is 66.2 Å². The average molecular weight is 566 g/mol. The summed E-state index contributed by atoms with van der Waals surface area (Å²) in [7, 11) is 2.02. The van der Waals surface area contributed by atoms with Crippen molar-refractivity contribution in [2.45, 2.75) is 122 Å². The van der Waals surface area contributed by atoms with Gasteiger partial charge in [0.1, 0.15) is 0 Å². The Morgan fingerprint density at radius 2 is 1.33 bits per heavy atom. The number of likely N-dealkylation sites (N-methyl/N-ethyl adjacent to an activating group) is 1. The number of nitrogens with zero attached hydrogens (tertiary/aromatic N) is 2. The summed E-state index contributed by atoms with van der Waals surface area (Å²) in [4.78, 5) is 28.3. The molecule has 1 aromatic carbocycles. The first-order valence-electron chi connectivity index (χ1n) is 15.6. The number of hydrogen-bond acceptors (Lipinski definition) is 3. The van der Waals surface area contributed by atoms with Gasteiger partial charge in [-0.25, -0.2) is 4.79 Å². The van der Waals surface area contributed by atoms with E-state index in [-0.39, 0.29) is 24.4 Å². The van der Waals surface area contributed by atoms with E-state index in [1.165, 1.54) is 94.8 Å². The number of carbonyl (C=O) groups is 2. The highest BCUT2D eigenvalue weighted by molar-refractivity contribution is 5.95. The molecule has 0 aliphatic carbocycles. The van der Waals surface area contributed by atoms with Crippen LogP contribution in [0.4, 0.5) is 4.79 Å². The molecule has 2 N–H and O–H groups in total. The molecular weight excluding hydrogens is 510 g/mol. The molecule has 1 aliphatic heterocycles. The molecule has 1 atom stereocenters. The lowest BCUT2D eigenvalue weighted by Gasteiger charge is -2.38. The Labute approximate surface area is 244 Å². The molecule has 0 aromatic heterocycles. The highest BCUT2D eigenvalue weighted by atomic mass is 35.5. The third kappa shape index (κ3) is 15.0. The number of nitrogens with one attached hydrogen (secondary N) is 1. The minimum atomic E-state index is -0.881. The molecule has 1 unspecified atom stereocenters.